The van der Waals surface area contributed by atoms with Crippen molar-refractivity contribution >= 4 is 12.4 Å². The first-order valence-electron chi connectivity index (χ1n) is 6.87. The Morgan fingerprint density at radius 3 is 1.86 bits per heavy atom. The van der Waals surface area contributed by atoms with Crippen molar-refractivity contribution in [3.63, 3.8) is 0 Å². The fourth-order valence-corrected chi connectivity index (χ4v) is 1.77. The number of halogens is 2. The lowest BCUT2D eigenvalue weighted by Crippen LogP contribution is -2.01. The van der Waals surface area contributed by atoms with Crippen LogP contribution in [-0.2, 0) is 6.42 Å². The van der Waals surface area contributed by atoms with E-state index in [1.165, 1.54) is 17.7 Å². The Hall–Kier alpha value is -2.56. The lowest BCUT2D eigenvalue weighted by atomic mass is 10.1. The summed E-state index contributed by atoms with van der Waals surface area (Å²) in [6.45, 7) is -0.714. The topological polar surface area (TPSA) is 34.0 Å². The highest BCUT2D eigenvalue weighted by Gasteiger charge is 2.02. The molecule has 114 valence electrons. The number of alkyl halides is 2. The molecule has 0 spiro atoms. The molecule has 2 aromatic rings. The van der Waals surface area contributed by atoms with E-state index in [4.69, 9.17) is 0 Å². The number of nitrogens with zero attached hydrogens (tertiary/aromatic N) is 2. The second-order valence-electron chi connectivity index (χ2n) is 4.53. The van der Waals surface area contributed by atoms with Crippen molar-refractivity contribution in [2.24, 2.45) is 10.2 Å². The van der Waals surface area contributed by atoms with E-state index in [0.717, 1.165) is 17.5 Å². The molecule has 2 aromatic carbocycles. The number of rotatable bonds is 6. The van der Waals surface area contributed by atoms with Crippen LogP contribution in [0.1, 0.15) is 23.6 Å². The maximum absolute atomic E-state index is 12.0. The minimum Gasteiger partial charge on any atom is -0.435 e. The van der Waals surface area contributed by atoms with E-state index in [-0.39, 0.29) is 5.75 Å². The predicted molar refractivity (Wildman–Crippen MR) is 84.1 cm³/mol. The van der Waals surface area contributed by atoms with Crippen LogP contribution in [0.2, 0.25) is 0 Å². The Morgan fingerprint density at radius 2 is 1.41 bits per heavy atom. The molecule has 2 rings (SSSR count). The number of hydrogen-bond acceptors (Lipinski definition) is 3. The molecule has 0 N–H and O–H groups in total. The van der Waals surface area contributed by atoms with Crippen LogP contribution in [0, 0.1) is 0 Å². The van der Waals surface area contributed by atoms with Crippen LogP contribution < -0.4 is 4.74 Å². The molecule has 0 bridgehead atoms. The molecule has 22 heavy (non-hydrogen) atoms. The van der Waals surface area contributed by atoms with Crippen LogP contribution in [0.15, 0.2) is 58.7 Å². The molecule has 0 unspecified atom stereocenters. The van der Waals surface area contributed by atoms with Gasteiger partial charge in [-0.15, -0.1) is 0 Å². The van der Waals surface area contributed by atoms with E-state index >= 15 is 0 Å². The zero-order valence-corrected chi connectivity index (χ0v) is 12.1. The Balaban J connectivity index is 1.92. The van der Waals surface area contributed by atoms with Gasteiger partial charge in [0.2, 0.25) is 0 Å². The second-order valence-corrected chi connectivity index (χ2v) is 4.53. The van der Waals surface area contributed by atoms with Crippen LogP contribution in [0.5, 0.6) is 5.75 Å². The van der Waals surface area contributed by atoms with Crippen molar-refractivity contribution in [2.45, 2.75) is 20.0 Å². The van der Waals surface area contributed by atoms with Gasteiger partial charge in [0, 0.05) is 0 Å². The number of hydrogen-bond donors (Lipinski definition) is 0. The van der Waals surface area contributed by atoms with Crippen LogP contribution in [0.3, 0.4) is 0 Å². The molecule has 0 aliphatic rings. The third-order valence-electron chi connectivity index (χ3n) is 2.97. The zero-order valence-electron chi connectivity index (χ0n) is 12.1. The molecule has 0 amide bonds. The number of ether oxygens (including phenoxy) is 1. The number of benzene rings is 2. The predicted octanol–water partition coefficient (Wildman–Crippen LogP) is 4.30. The molecular weight excluding hydrogens is 286 g/mol. The molecule has 0 fully saturated rings. The average molecular weight is 302 g/mol. The van der Waals surface area contributed by atoms with E-state index in [1.807, 2.05) is 24.3 Å². The van der Waals surface area contributed by atoms with Crippen LogP contribution >= 0.6 is 0 Å². The summed E-state index contributed by atoms with van der Waals surface area (Å²) in [5.41, 5.74) is 2.99. The van der Waals surface area contributed by atoms with E-state index in [0.29, 0.717) is 0 Å². The Kier molecular flexibility index (Phi) is 5.77. The average Bonchev–Trinajstić information content (AvgIpc) is 2.53. The lowest BCUT2D eigenvalue weighted by Gasteiger charge is -2.03. The summed E-state index contributed by atoms with van der Waals surface area (Å²) in [7, 11) is 0. The quantitative estimate of drug-likeness (QED) is 0.578. The normalized spacial score (nSPS) is 11.6. The van der Waals surface area contributed by atoms with Crippen molar-refractivity contribution in [3.05, 3.63) is 65.2 Å². The number of aryl methyl sites for hydroxylation is 1. The summed E-state index contributed by atoms with van der Waals surface area (Å²) in [5, 5.41) is 7.88. The lowest BCUT2D eigenvalue weighted by molar-refractivity contribution is -0.0498. The van der Waals surface area contributed by atoms with Gasteiger partial charge in [0.15, 0.2) is 0 Å². The van der Waals surface area contributed by atoms with Gasteiger partial charge in [-0.2, -0.15) is 19.0 Å². The highest BCUT2D eigenvalue weighted by atomic mass is 19.3. The van der Waals surface area contributed by atoms with E-state index in [1.54, 1.807) is 24.6 Å². The highest BCUT2D eigenvalue weighted by Crippen LogP contribution is 2.14. The van der Waals surface area contributed by atoms with Crippen LogP contribution in [0.25, 0.3) is 0 Å². The minimum absolute atomic E-state index is 0.117. The second kappa shape index (κ2) is 8.02. The Labute approximate surface area is 128 Å². The summed E-state index contributed by atoms with van der Waals surface area (Å²) in [4.78, 5) is 0. The van der Waals surface area contributed by atoms with Gasteiger partial charge in [0.05, 0.1) is 12.4 Å². The first-order valence-corrected chi connectivity index (χ1v) is 6.87. The summed E-state index contributed by atoms with van der Waals surface area (Å²) in [5.74, 6) is 0.117. The summed E-state index contributed by atoms with van der Waals surface area (Å²) < 4.78 is 28.3. The van der Waals surface area contributed by atoms with E-state index < -0.39 is 6.61 Å². The SMILES string of the molecule is CCc1ccc(C=NN=Cc2ccc(OC(F)F)cc2)cc1. The molecule has 0 atom stereocenters. The fraction of sp³-hybridized carbons (Fsp3) is 0.176. The molecule has 0 heterocycles. The van der Waals surface area contributed by atoms with Gasteiger partial charge in [0.25, 0.3) is 0 Å². The fourth-order valence-electron chi connectivity index (χ4n) is 1.77. The first-order chi connectivity index (χ1) is 10.7. The summed E-state index contributed by atoms with van der Waals surface area (Å²) in [6.07, 6.45) is 4.20. The Bertz CT molecular complexity index is 635. The van der Waals surface area contributed by atoms with Crippen molar-refractivity contribution in [1.29, 1.82) is 0 Å². The molecule has 0 radical (unpaired) electrons. The van der Waals surface area contributed by atoms with Crippen LogP contribution in [-0.4, -0.2) is 19.0 Å². The molecule has 0 saturated carbocycles. The monoisotopic (exact) mass is 302 g/mol. The molecular formula is C17H16F2N2O. The van der Waals surface area contributed by atoms with Gasteiger partial charge < -0.3 is 4.74 Å². The van der Waals surface area contributed by atoms with E-state index in [2.05, 4.69) is 21.9 Å². The van der Waals surface area contributed by atoms with Gasteiger partial charge in [-0.25, -0.2) is 0 Å². The molecule has 0 aromatic heterocycles. The van der Waals surface area contributed by atoms with Gasteiger partial charge >= 0.3 is 6.61 Å². The molecule has 3 nitrogen and oxygen atoms in total. The third-order valence-corrected chi connectivity index (χ3v) is 2.97. The largest absolute Gasteiger partial charge is 0.435 e. The van der Waals surface area contributed by atoms with Crippen molar-refractivity contribution < 1.29 is 13.5 Å². The third kappa shape index (κ3) is 5.09. The van der Waals surface area contributed by atoms with E-state index in [9.17, 15) is 8.78 Å². The minimum atomic E-state index is -2.82. The maximum Gasteiger partial charge on any atom is 0.387 e. The van der Waals surface area contributed by atoms with Crippen molar-refractivity contribution in [1.82, 2.24) is 0 Å². The summed E-state index contributed by atoms with van der Waals surface area (Å²) >= 11 is 0. The summed E-state index contributed by atoms with van der Waals surface area (Å²) in [6, 6.07) is 14.2. The van der Waals surface area contributed by atoms with Gasteiger partial charge in [-0.1, -0.05) is 31.2 Å². The maximum atomic E-state index is 12.0. The van der Waals surface area contributed by atoms with Gasteiger partial charge in [0.1, 0.15) is 5.75 Å². The highest BCUT2D eigenvalue weighted by molar-refractivity contribution is 5.82. The van der Waals surface area contributed by atoms with Crippen molar-refractivity contribution in [3.8, 4) is 5.75 Å². The Morgan fingerprint density at radius 1 is 0.909 bits per heavy atom. The zero-order chi connectivity index (χ0) is 15.8. The van der Waals surface area contributed by atoms with Crippen LogP contribution in [0.4, 0.5) is 8.78 Å². The van der Waals surface area contributed by atoms with Gasteiger partial charge in [-0.3, -0.25) is 0 Å². The molecule has 0 aliphatic carbocycles. The smallest absolute Gasteiger partial charge is 0.387 e. The molecule has 0 aliphatic heterocycles. The standard InChI is InChI=1S/C17H16F2N2O/c1-2-13-3-5-14(6-4-13)11-20-21-12-15-7-9-16(10-8-15)22-17(18)19/h3-12,17H,2H2,1H3. The molecule has 5 heteroatoms. The van der Waals surface area contributed by atoms with Gasteiger partial charge in [-0.05, 0) is 47.4 Å². The first kappa shape index (κ1) is 15.8. The molecule has 0 saturated heterocycles. The van der Waals surface area contributed by atoms with Crippen molar-refractivity contribution in [2.75, 3.05) is 0 Å².